The number of aliphatic hydroxyl groups is 1. The summed E-state index contributed by atoms with van der Waals surface area (Å²) in [5.41, 5.74) is 3.39. The zero-order valence-electron chi connectivity index (χ0n) is 22.6. The van der Waals surface area contributed by atoms with Crippen molar-refractivity contribution in [3.63, 3.8) is 0 Å². The maximum absolute atomic E-state index is 13.6. The maximum atomic E-state index is 13.6. The minimum Gasteiger partial charge on any atom is -0.391 e. The molecule has 2 aromatic carbocycles. The molecule has 3 aromatic rings. The van der Waals surface area contributed by atoms with E-state index in [-0.39, 0.29) is 17.9 Å². The smallest absolute Gasteiger partial charge is 0.255 e. The minimum atomic E-state index is -0.804. The SMILES string of the molecule is CC[C@H](C(=O)N[C@@H](c1ccccc1)[C@H](C)O)N1Cc2ccc(-c3nc(NC4CCOCC4)ncc3Cl)cc2C1=O. The van der Waals surface area contributed by atoms with Gasteiger partial charge >= 0.3 is 0 Å². The zero-order valence-corrected chi connectivity index (χ0v) is 23.4. The van der Waals surface area contributed by atoms with Gasteiger partial charge in [0.05, 0.1) is 29.1 Å². The molecule has 5 rings (SSSR count). The Morgan fingerprint density at radius 3 is 2.65 bits per heavy atom. The van der Waals surface area contributed by atoms with Gasteiger partial charge in [0.2, 0.25) is 11.9 Å². The number of fused-ring (bicyclic) bond motifs is 1. The molecule has 40 heavy (non-hydrogen) atoms. The lowest BCUT2D eigenvalue weighted by atomic mass is 10.0. The summed E-state index contributed by atoms with van der Waals surface area (Å²) in [6.07, 6.45) is 2.94. The van der Waals surface area contributed by atoms with Crippen LogP contribution in [0, 0.1) is 0 Å². The van der Waals surface area contributed by atoms with Crippen molar-refractivity contribution in [3.8, 4) is 11.3 Å². The molecule has 0 radical (unpaired) electrons. The van der Waals surface area contributed by atoms with E-state index in [9.17, 15) is 14.7 Å². The molecule has 2 aliphatic heterocycles. The van der Waals surface area contributed by atoms with Gasteiger partial charge in [-0.1, -0.05) is 61.0 Å². The van der Waals surface area contributed by atoms with Crippen LogP contribution in [-0.4, -0.2) is 63.2 Å². The molecule has 210 valence electrons. The van der Waals surface area contributed by atoms with Crippen LogP contribution in [-0.2, 0) is 16.1 Å². The average molecular weight is 564 g/mol. The van der Waals surface area contributed by atoms with Crippen LogP contribution in [0.4, 0.5) is 5.95 Å². The second-order valence-electron chi connectivity index (χ2n) is 10.3. The second-order valence-corrected chi connectivity index (χ2v) is 10.7. The number of amides is 2. The highest BCUT2D eigenvalue weighted by molar-refractivity contribution is 6.33. The van der Waals surface area contributed by atoms with Gasteiger partial charge in [-0.05, 0) is 43.4 Å². The number of rotatable bonds is 9. The van der Waals surface area contributed by atoms with E-state index >= 15 is 0 Å². The molecule has 1 fully saturated rings. The van der Waals surface area contributed by atoms with Crippen LogP contribution < -0.4 is 10.6 Å². The van der Waals surface area contributed by atoms with Gasteiger partial charge in [-0.15, -0.1) is 0 Å². The Hall–Kier alpha value is -3.53. The van der Waals surface area contributed by atoms with Crippen molar-refractivity contribution in [1.82, 2.24) is 20.2 Å². The lowest BCUT2D eigenvalue weighted by molar-refractivity contribution is -0.127. The molecule has 3 atom stereocenters. The highest BCUT2D eigenvalue weighted by Crippen LogP contribution is 2.33. The third-order valence-electron chi connectivity index (χ3n) is 7.52. The monoisotopic (exact) mass is 563 g/mol. The Kier molecular flexibility index (Phi) is 8.63. The Morgan fingerprint density at radius 2 is 1.95 bits per heavy atom. The van der Waals surface area contributed by atoms with Crippen molar-refractivity contribution in [1.29, 1.82) is 0 Å². The number of halogens is 1. The number of carbonyl (C=O) groups excluding carboxylic acids is 2. The predicted octanol–water partition coefficient (Wildman–Crippen LogP) is 4.36. The van der Waals surface area contributed by atoms with E-state index in [0.717, 1.165) is 24.0 Å². The fourth-order valence-corrected chi connectivity index (χ4v) is 5.53. The van der Waals surface area contributed by atoms with E-state index in [1.807, 2.05) is 49.4 Å². The number of anilines is 1. The molecule has 0 spiro atoms. The van der Waals surface area contributed by atoms with Crippen molar-refractivity contribution in [2.45, 2.75) is 63.9 Å². The molecule has 9 nitrogen and oxygen atoms in total. The first kappa shape index (κ1) is 28.0. The second kappa shape index (κ2) is 12.3. The summed E-state index contributed by atoms with van der Waals surface area (Å²) in [5.74, 6) is -0.0484. The molecule has 3 N–H and O–H groups in total. The van der Waals surface area contributed by atoms with Gasteiger partial charge in [0.15, 0.2) is 0 Å². The maximum Gasteiger partial charge on any atom is 0.255 e. The van der Waals surface area contributed by atoms with Gasteiger partial charge in [-0.25, -0.2) is 9.97 Å². The number of nitrogens with one attached hydrogen (secondary N) is 2. The number of aliphatic hydroxyl groups excluding tert-OH is 1. The van der Waals surface area contributed by atoms with Crippen LogP contribution >= 0.6 is 11.6 Å². The largest absolute Gasteiger partial charge is 0.391 e. The first-order chi connectivity index (χ1) is 19.4. The van der Waals surface area contributed by atoms with E-state index in [4.69, 9.17) is 16.3 Å². The number of nitrogens with zero attached hydrogens (tertiary/aromatic N) is 3. The Balaban J connectivity index is 1.34. The van der Waals surface area contributed by atoms with E-state index in [1.54, 1.807) is 24.1 Å². The molecule has 2 amide bonds. The van der Waals surface area contributed by atoms with Crippen LogP contribution in [0.5, 0.6) is 0 Å². The summed E-state index contributed by atoms with van der Waals surface area (Å²) in [6.45, 7) is 5.23. The third-order valence-corrected chi connectivity index (χ3v) is 7.79. The highest BCUT2D eigenvalue weighted by Gasteiger charge is 2.37. The van der Waals surface area contributed by atoms with E-state index in [2.05, 4.69) is 20.6 Å². The minimum absolute atomic E-state index is 0.224. The number of hydrogen-bond acceptors (Lipinski definition) is 7. The fourth-order valence-electron chi connectivity index (χ4n) is 5.33. The van der Waals surface area contributed by atoms with Gasteiger partial charge in [0, 0.05) is 36.9 Å². The van der Waals surface area contributed by atoms with Gasteiger partial charge in [0.25, 0.3) is 5.91 Å². The van der Waals surface area contributed by atoms with Crippen molar-refractivity contribution >= 4 is 29.4 Å². The van der Waals surface area contributed by atoms with E-state index in [1.165, 1.54) is 0 Å². The lowest BCUT2D eigenvalue weighted by Gasteiger charge is -2.29. The molecule has 0 saturated carbocycles. The van der Waals surface area contributed by atoms with E-state index in [0.29, 0.717) is 54.0 Å². The van der Waals surface area contributed by atoms with Crippen molar-refractivity contribution in [3.05, 3.63) is 76.4 Å². The predicted molar refractivity (Wildman–Crippen MR) is 153 cm³/mol. The highest BCUT2D eigenvalue weighted by atomic mass is 35.5. The summed E-state index contributed by atoms with van der Waals surface area (Å²) in [4.78, 5) is 37.6. The summed E-state index contributed by atoms with van der Waals surface area (Å²) < 4.78 is 5.43. The molecular formula is C30H34ClN5O4. The quantitative estimate of drug-likeness (QED) is 0.354. The molecular weight excluding hydrogens is 530 g/mol. The number of carbonyl (C=O) groups is 2. The molecule has 0 bridgehead atoms. The van der Waals surface area contributed by atoms with Crippen LogP contribution in [0.3, 0.4) is 0 Å². The van der Waals surface area contributed by atoms with Gasteiger partial charge in [0.1, 0.15) is 6.04 Å². The first-order valence-electron chi connectivity index (χ1n) is 13.7. The Labute approximate surface area is 238 Å². The van der Waals surface area contributed by atoms with Crippen molar-refractivity contribution in [2.24, 2.45) is 0 Å². The van der Waals surface area contributed by atoms with Gasteiger partial charge in [-0.3, -0.25) is 9.59 Å². The summed E-state index contributed by atoms with van der Waals surface area (Å²) >= 11 is 6.49. The zero-order chi connectivity index (χ0) is 28.2. The molecule has 1 saturated heterocycles. The number of benzene rings is 2. The molecule has 3 heterocycles. The Morgan fingerprint density at radius 1 is 1.20 bits per heavy atom. The van der Waals surface area contributed by atoms with Crippen LogP contribution in [0.2, 0.25) is 5.02 Å². The molecule has 0 unspecified atom stereocenters. The standard InChI is InChI=1S/C30H34ClN5O4/c1-3-25(28(38)34-26(18(2)37)19-7-5-4-6-8-19)36-17-21-10-9-20(15-23(21)29(36)39)27-24(31)16-32-30(35-27)33-22-11-13-40-14-12-22/h4-10,15-16,18,22,25-26,37H,3,11-14,17H2,1-2H3,(H,34,38)(H,32,33,35)/t18-,25+,26+/m0/s1. The normalized spacial score (nSPS) is 17.7. The van der Waals surface area contributed by atoms with E-state index < -0.39 is 18.2 Å². The fraction of sp³-hybridized carbons (Fsp3) is 0.400. The first-order valence-corrected chi connectivity index (χ1v) is 14.1. The molecule has 2 aliphatic rings. The number of aromatic nitrogens is 2. The molecule has 1 aromatic heterocycles. The summed E-state index contributed by atoms with van der Waals surface area (Å²) in [7, 11) is 0. The van der Waals surface area contributed by atoms with Gasteiger partial charge < -0.3 is 25.4 Å². The summed E-state index contributed by atoms with van der Waals surface area (Å²) in [5, 5.41) is 17.1. The van der Waals surface area contributed by atoms with Gasteiger partial charge in [-0.2, -0.15) is 0 Å². The summed E-state index contributed by atoms with van der Waals surface area (Å²) in [6, 6.07) is 13.8. The lowest BCUT2D eigenvalue weighted by Crippen LogP contribution is -2.49. The Bertz CT molecular complexity index is 1360. The van der Waals surface area contributed by atoms with Crippen molar-refractivity contribution < 1.29 is 19.4 Å². The van der Waals surface area contributed by atoms with Crippen LogP contribution in [0.15, 0.2) is 54.7 Å². The third kappa shape index (κ3) is 5.96. The number of ether oxygens (including phenoxy) is 1. The van der Waals surface area contributed by atoms with Crippen LogP contribution in [0.1, 0.15) is 60.6 Å². The molecule has 0 aliphatic carbocycles. The molecule has 10 heteroatoms. The number of hydrogen-bond donors (Lipinski definition) is 3. The topological polar surface area (TPSA) is 117 Å². The van der Waals surface area contributed by atoms with Crippen molar-refractivity contribution in [2.75, 3.05) is 18.5 Å². The van der Waals surface area contributed by atoms with Crippen LogP contribution in [0.25, 0.3) is 11.3 Å². The average Bonchev–Trinajstić information content (AvgIpc) is 3.29.